The van der Waals surface area contributed by atoms with Gasteiger partial charge in [0.25, 0.3) is 0 Å². The van der Waals surface area contributed by atoms with Gasteiger partial charge in [0.15, 0.2) is 0 Å². The number of carbonyl (C=O) groups is 1. The van der Waals surface area contributed by atoms with Gasteiger partial charge in [0, 0.05) is 32.5 Å². The number of nitrogens with one attached hydrogen (secondary N) is 1. The molecule has 1 N–H and O–H groups in total. The van der Waals surface area contributed by atoms with Gasteiger partial charge in [-0.05, 0) is 29.8 Å². The fourth-order valence-electron chi connectivity index (χ4n) is 2.83. The summed E-state index contributed by atoms with van der Waals surface area (Å²) in [7, 11) is 3.29. The fourth-order valence-corrected chi connectivity index (χ4v) is 2.83. The quantitative estimate of drug-likeness (QED) is 0.886. The lowest BCUT2D eigenvalue weighted by Crippen LogP contribution is -2.28. The molecule has 0 saturated carbocycles. The van der Waals surface area contributed by atoms with Gasteiger partial charge in [-0.2, -0.15) is 0 Å². The van der Waals surface area contributed by atoms with Gasteiger partial charge in [-0.1, -0.05) is 0 Å². The first-order valence-electron chi connectivity index (χ1n) is 7.67. The van der Waals surface area contributed by atoms with Crippen molar-refractivity contribution in [2.75, 3.05) is 33.9 Å². The number of hydrogen-bond acceptors (Lipinski definition) is 4. The minimum Gasteiger partial charge on any atom is -0.497 e. The largest absolute Gasteiger partial charge is 0.497 e. The molecule has 122 valence electrons. The van der Waals surface area contributed by atoms with Gasteiger partial charge in [0.1, 0.15) is 11.6 Å². The van der Waals surface area contributed by atoms with Gasteiger partial charge in [0.05, 0.1) is 25.6 Å². The number of imidazole rings is 1. The summed E-state index contributed by atoms with van der Waals surface area (Å²) in [5.41, 5.74) is 2.00. The molecule has 1 aromatic carbocycles. The molecule has 0 radical (unpaired) electrons. The summed E-state index contributed by atoms with van der Waals surface area (Å²) < 4.78 is 10.2. The maximum absolute atomic E-state index is 12.0. The minimum atomic E-state index is 0.117. The van der Waals surface area contributed by atoms with Crippen LogP contribution in [-0.4, -0.2) is 54.7 Å². The molecule has 1 unspecified atom stereocenters. The van der Waals surface area contributed by atoms with E-state index in [9.17, 15) is 4.79 Å². The summed E-state index contributed by atoms with van der Waals surface area (Å²) in [6.07, 6.45) is 2.32. The number of aromatic nitrogens is 2. The van der Waals surface area contributed by atoms with E-state index in [-0.39, 0.29) is 11.8 Å². The minimum absolute atomic E-state index is 0.117. The second kappa shape index (κ2) is 6.83. The lowest BCUT2D eigenvalue weighted by Gasteiger charge is -2.15. The number of aromatic amines is 1. The van der Waals surface area contributed by atoms with E-state index in [1.807, 2.05) is 35.4 Å². The number of rotatable bonds is 6. The summed E-state index contributed by atoms with van der Waals surface area (Å²) in [6.45, 7) is 1.89. The fraction of sp³-hybridized carbons (Fsp3) is 0.412. The molecule has 2 heterocycles. The number of nitrogens with zero attached hydrogens (tertiary/aromatic N) is 2. The average Bonchev–Trinajstić information content (AvgIpc) is 3.20. The molecule has 1 atom stereocenters. The van der Waals surface area contributed by atoms with Crippen LogP contribution in [0.4, 0.5) is 0 Å². The lowest BCUT2D eigenvalue weighted by molar-refractivity contribution is -0.128. The molecular formula is C17H21N3O3. The Kier molecular flexibility index (Phi) is 4.62. The summed E-state index contributed by atoms with van der Waals surface area (Å²) in [5.74, 6) is 1.97. The maximum Gasteiger partial charge on any atom is 0.223 e. The van der Waals surface area contributed by atoms with E-state index >= 15 is 0 Å². The van der Waals surface area contributed by atoms with Crippen LogP contribution in [0.1, 0.15) is 18.2 Å². The molecule has 1 aliphatic rings. The van der Waals surface area contributed by atoms with E-state index < -0.39 is 0 Å². The van der Waals surface area contributed by atoms with Gasteiger partial charge >= 0.3 is 0 Å². The maximum atomic E-state index is 12.0. The van der Waals surface area contributed by atoms with Crippen LogP contribution in [0.5, 0.6) is 5.75 Å². The molecule has 1 amide bonds. The lowest BCUT2D eigenvalue weighted by atomic mass is 10.1. The Labute approximate surface area is 135 Å². The predicted molar refractivity (Wildman–Crippen MR) is 86.4 cm³/mol. The molecule has 1 aliphatic heterocycles. The van der Waals surface area contributed by atoms with Crippen LogP contribution in [0.3, 0.4) is 0 Å². The van der Waals surface area contributed by atoms with E-state index in [0.29, 0.717) is 26.1 Å². The summed E-state index contributed by atoms with van der Waals surface area (Å²) in [6, 6.07) is 7.81. The number of ether oxygens (including phenoxy) is 2. The van der Waals surface area contributed by atoms with Crippen LogP contribution < -0.4 is 4.74 Å². The van der Waals surface area contributed by atoms with Crippen molar-refractivity contribution in [1.82, 2.24) is 14.9 Å². The van der Waals surface area contributed by atoms with Crippen LogP contribution in [0.15, 0.2) is 30.5 Å². The molecule has 0 aliphatic carbocycles. The zero-order valence-corrected chi connectivity index (χ0v) is 13.4. The number of amides is 1. The Bertz CT molecular complexity index is 666. The molecule has 1 saturated heterocycles. The highest BCUT2D eigenvalue weighted by molar-refractivity contribution is 5.79. The Morgan fingerprint density at radius 2 is 2.09 bits per heavy atom. The second-order valence-corrected chi connectivity index (χ2v) is 5.64. The monoisotopic (exact) mass is 315 g/mol. The Balaban J connectivity index is 1.70. The Morgan fingerprint density at radius 1 is 1.30 bits per heavy atom. The van der Waals surface area contributed by atoms with Crippen LogP contribution >= 0.6 is 0 Å². The third-order valence-electron chi connectivity index (χ3n) is 4.16. The first-order chi connectivity index (χ1) is 11.2. The van der Waals surface area contributed by atoms with Crippen LogP contribution in [-0.2, 0) is 9.53 Å². The van der Waals surface area contributed by atoms with Gasteiger partial charge in [-0.15, -0.1) is 0 Å². The molecule has 6 heteroatoms. The Morgan fingerprint density at radius 3 is 2.78 bits per heavy atom. The standard InChI is InChI=1S/C17H21N3O3/c1-22-8-7-20-11-13(9-16(20)21)17-18-10-15(19-17)12-3-5-14(23-2)6-4-12/h3-6,10,13H,7-9,11H2,1-2H3,(H,18,19). The van der Waals surface area contributed by atoms with Crippen molar-refractivity contribution in [2.24, 2.45) is 0 Å². The highest BCUT2D eigenvalue weighted by atomic mass is 16.5. The van der Waals surface area contributed by atoms with Crippen molar-refractivity contribution in [2.45, 2.75) is 12.3 Å². The third-order valence-corrected chi connectivity index (χ3v) is 4.16. The smallest absolute Gasteiger partial charge is 0.223 e. The van der Waals surface area contributed by atoms with E-state index in [1.54, 1.807) is 14.2 Å². The number of hydrogen-bond donors (Lipinski definition) is 1. The zero-order chi connectivity index (χ0) is 16.2. The number of H-pyrrole nitrogens is 1. The Hall–Kier alpha value is -2.34. The molecule has 1 fully saturated rings. The van der Waals surface area contributed by atoms with Crippen molar-refractivity contribution in [3.8, 4) is 17.0 Å². The highest BCUT2D eigenvalue weighted by Crippen LogP contribution is 2.28. The SMILES string of the molecule is COCCN1CC(c2ncc(-c3ccc(OC)cc3)[nH]2)CC1=O. The van der Waals surface area contributed by atoms with Crippen LogP contribution in [0.2, 0.25) is 0 Å². The molecule has 6 nitrogen and oxygen atoms in total. The van der Waals surface area contributed by atoms with Crippen molar-refractivity contribution < 1.29 is 14.3 Å². The van der Waals surface area contributed by atoms with Gasteiger partial charge in [0.2, 0.25) is 5.91 Å². The third kappa shape index (κ3) is 3.37. The summed E-state index contributed by atoms with van der Waals surface area (Å²) >= 11 is 0. The second-order valence-electron chi connectivity index (χ2n) is 5.64. The molecule has 0 bridgehead atoms. The molecule has 0 spiro atoms. The first kappa shape index (κ1) is 15.6. The van der Waals surface area contributed by atoms with E-state index in [2.05, 4.69) is 9.97 Å². The van der Waals surface area contributed by atoms with Crippen LogP contribution in [0, 0.1) is 0 Å². The normalized spacial score (nSPS) is 17.7. The zero-order valence-electron chi connectivity index (χ0n) is 13.4. The molecular weight excluding hydrogens is 294 g/mol. The van der Waals surface area contributed by atoms with E-state index in [0.717, 1.165) is 22.8 Å². The molecule has 2 aromatic rings. The molecule has 3 rings (SSSR count). The first-order valence-corrected chi connectivity index (χ1v) is 7.67. The van der Waals surface area contributed by atoms with Crippen molar-refractivity contribution >= 4 is 5.91 Å². The van der Waals surface area contributed by atoms with Crippen molar-refractivity contribution in [3.05, 3.63) is 36.3 Å². The average molecular weight is 315 g/mol. The van der Waals surface area contributed by atoms with E-state index in [4.69, 9.17) is 9.47 Å². The number of likely N-dealkylation sites (tertiary alicyclic amines) is 1. The highest BCUT2D eigenvalue weighted by Gasteiger charge is 2.32. The van der Waals surface area contributed by atoms with Gasteiger partial charge in [-0.25, -0.2) is 4.98 Å². The topological polar surface area (TPSA) is 67.5 Å². The predicted octanol–water partition coefficient (Wildman–Crippen LogP) is 2.05. The summed E-state index contributed by atoms with van der Waals surface area (Å²) in [4.78, 5) is 21.7. The van der Waals surface area contributed by atoms with Gasteiger partial charge in [-0.3, -0.25) is 4.79 Å². The molecule has 1 aromatic heterocycles. The van der Waals surface area contributed by atoms with Crippen molar-refractivity contribution in [3.63, 3.8) is 0 Å². The van der Waals surface area contributed by atoms with Gasteiger partial charge < -0.3 is 19.4 Å². The van der Waals surface area contributed by atoms with Crippen LogP contribution in [0.25, 0.3) is 11.3 Å². The number of benzene rings is 1. The number of carbonyl (C=O) groups excluding carboxylic acids is 1. The number of methoxy groups -OCH3 is 2. The van der Waals surface area contributed by atoms with Crippen molar-refractivity contribution in [1.29, 1.82) is 0 Å². The summed E-state index contributed by atoms with van der Waals surface area (Å²) in [5, 5.41) is 0. The van der Waals surface area contributed by atoms with E-state index in [1.165, 1.54) is 0 Å². The molecule has 23 heavy (non-hydrogen) atoms.